The van der Waals surface area contributed by atoms with E-state index in [4.69, 9.17) is 16.2 Å². The second-order valence-electron chi connectivity index (χ2n) is 6.89. The first kappa shape index (κ1) is 21.8. The van der Waals surface area contributed by atoms with Crippen LogP contribution in [0.2, 0.25) is 0 Å². The summed E-state index contributed by atoms with van der Waals surface area (Å²) in [5.41, 5.74) is 11.6. The van der Waals surface area contributed by atoms with Crippen LogP contribution in [0, 0.1) is 11.8 Å². The molecule has 0 spiro atoms. The molecule has 7 nitrogen and oxygen atoms in total. The van der Waals surface area contributed by atoms with E-state index in [2.05, 4.69) is 13.8 Å². The van der Waals surface area contributed by atoms with Crippen molar-refractivity contribution in [2.45, 2.75) is 52.1 Å². The maximum Gasteiger partial charge on any atom is 0.328 e. The molecule has 0 amide bonds. The van der Waals surface area contributed by atoms with Gasteiger partial charge in [0.15, 0.2) is 5.78 Å². The lowest BCUT2D eigenvalue weighted by Gasteiger charge is -2.19. The van der Waals surface area contributed by atoms with Crippen LogP contribution in [-0.2, 0) is 9.59 Å². The van der Waals surface area contributed by atoms with Gasteiger partial charge in [0, 0.05) is 5.56 Å². The Hall–Kier alpha value is -2.25. The number of rotatable bonds is 10. The van der Waals surface area contributed by atoms with Gasteiger partial charge in [-0.3, -0.25) is 9.59 Å². The maximum atomic E-state index is 12.5. The molecule has 1 aromatic rings. The van der Waals surface area contributed by atoms with E-state index in [-0.39, 0.29) is 11.3 Å². The minimum Gasteiger partial charge on any atom is -0.481 e. The number of carbonyl (C=O) groups excluding carboxylic acids is 2. The third kappa shape index (κ3) is 6.57. The maximum absolute atomic E-state index is 12.5. The lowest BCUT2D eigenvalue weighted by Crippen LogP contribution is -2.42. The number of aliphatic carboxylic acids is 1. The molecule has 1 rings (SSSR count). The summed E-state index contributed by atoms with van der Waals surface area (Å²) in [5.74, 6) is -2.33. The highest BCUT2D eigenvalue weighted by molar-refractivity contribution is 6.02. The van der Waals surface area contributed by atoms with E-state index >= 15 is 0 Å². The monoisotopic (exact) mass is 364 g/mol. The molecule has 144 valence electrons. The summed E-state index contributed by atoms with van der Waals surface area (Å²) in [6, 6.07) is 3.94. The van der Waals surface area contributed by atoms with E-state index in [9.17, 15) is 19.5 Å². The summed E-state index contributed by atoms with van der Waals surface area (Å²) in [6.45, 7) is 5.62. The van der Waals surface area contributed by atoms with Crippen molar-refractivity contribution in [2.75, 3.05) is 0 Å². The number of carboxylic acid groups (broad SMARTS) is 1. The number of ether oxygens (including phenoxy) is 1. The summed E-state index contributed by atoms with van der Waals surface area (Å²) in [5, 5.41) is 9.40. The predicted octanol–water partition coefficient (Wildman–Crippen LogP) is 1.98. The van der Waals surface area contributed by atoms with Crippen LogP contribution in [0.4, 0.5) is 0 Å². The predicted molar refractivity (Wildman–Crippen MR) is 97.8 cm³/mol. The van der Waals surface area contributed by atoms with Gasteiger partial charge in [-0.25, -0.2) is 4.79 Å². The molecule has 0 bridgehead atoms. The van der Waals surface area contributed by atoms with Crippen molar-refractivity contribution in [1.82, 2.24) is 0 Å². The van der Waals surface area contributed by atoms with Gasteiger partial charge >= 0.3 is 11.9 Å². The van der Waals surface area contributed by atoms with E-state index in [1.165, 1.54) is 31.2 Å². The van der Waals surface area contributed by atoms with E-state index in [1.54, 1.807) is 0 Å². The van der Waals surface area contributed by atoms with Crippen LogP contribution >= 0.6 is 0 Å². The molecule has 1 unspecified atom stereocenters. The van der Waals surface area contributed by atoms with E-state index in [0.717, 1.165) is 6.42 Å². The minimum atomic E-state index is -1.13. The Labute approximate surface area is 153 Å². The van der Waals surface area contributed by atoms with Crippen molar-refractivity contribution in [1.29, 1.82) is 0 Å². The standard InChI is InChI=1S/C19H28N2O5/c1-11(2)5-4-6-15(18(23)24)16(21)17(22)13-7-9-14(10-8-13)26-19(25)12(3)20/h7-12,15-16H,4-6,20-21H2,1-3H3,(H,23,24)/t12-,15?,16-/m0/s1. The highest BCUT2D eigenvalue weighted by Gasteiger charge is 2.31. The van der Waals surface area contributed by atoms with Crippen LogP contribution in [0.5, 0.6) is 5.75 Å². The van der Waals surface area contributed by atoms with Gasteiger partial charge in [-0.05, 0) is 43.5 Å². The number of hydrogen-bond donors (Lipinski definition) is 3. The van der Waals surface area contributed by atoms with Crippen LogP contribution in [0.25, 0.3) is 0 Å². The average Bonchev–Trinajstić information content (AvgIpc) is 2.57. The van der Waals surface area contributed by atoms with Gasteiger partial charge in [-0.15, -0.1) is 0 Å². The van der Waals surface area contributed by atoms with Crippen LogP contribution in [0.15, 0.2) is 24.3 Å². The molecule has 0 saturated heterocycles. The van der Waals surface area contributed by atoms with Crippen LogP contribution < -0.4 is 16.2 Å². The van der Waals surface area contributed by atoms with Gasteiger partial charge in [0.1, 0.15) is 11.8 Å². The number of Topliss-reactive ketones (excluding diaryl/α,β-unsaturated/α-hetero) is 1. The van der Waals surface area contributed by atoms with Crippen molar-refractivity contribution in [3.05, 3.63) is 29.8 Å². The normalized spacial score (nSPS) is 14.5. The Balaban J connectivity index is 2.78. The highest BCUT2D eigenvalue weighted by atomic mass is 16.5. The van der Waals surface area contributed by atoms with Gasteiger partial charge in [-0.1, -0.05) is 26.7 Å². The Morgan fingerprint density at radius 1 is 1.04 bits per heavy atom. The fourth-order valence-corrected chi connectivity index (χ4v) is 2.47. The Morgan fingerprint density at radius 2 is 1.62 bits per heavy atom. The molecular weight excluding hydrogens is 336 g/mol. The van der Waals surface area contributed by atoms with Crippen molar-refractivity contribution in [3.8, 4) is 5.75 Å². The summed E-state index contributed by atoms with van der Waals surface area (Å²) >= 11 is 0. The summed E-state index contributed by atoms with van der Waals surface area (Å²) < 4.78 is 5.03. The summed E-state index contributed by atoms with van der Waals surface area (Å²) in [6.07, 6.45) is 1.93. The topological polar surface area (TPSA) is 133 Å². The average molecular weight is 364 g/mol. The molecule has 0 aliphatic carbocycles. The molecule has 5 N–H and O–H groups in total. The number of carbonyl (C=O) groups is 3. The first-order chi connectivity index (χ1) is 12.1. The van der Waals surface area contributed by atoms with Gasteiger partial charge in [0.2, 0.25) is 0 Å². The second kappa shape index (κ2) is 10.0. The first-order valence-electron chi connectivity index (χ1n) is 8.73. The molecule has 1 aromatic carbocycles. The van der Waals surface area contributed by atoms with E-state index in [1.807, 2.05) is 0 Å². The molecule has 0 aromatic heterocycles. The van der Waals surface area contributed by atoms with Gasteiger partial charge < -0.3 is 21.3 Å². The van der Waals surface area contributed by atoms with Gasteiger partial charge in [0.05, 0.1) is 12.0 Å². The van der Waals surface area contributed by atoms with Crippen LogP contribution in [-0.4, -0.2) is 34.9 Å². The highest BCUT2D eigenvalue weighted by Crippen LogP contribution is 2.20. The molecule has 0 saturated carbocycles. The lowest BCUT2D eigenvalue weighted by molar-refractivity contribution is -0.142. The quantitative estimate of drug-likeness (QED) is 0.328. The molecule has 7 heteroatoms. The van der Waals surface area contributed by atoms with E-state index < -0.39 is 35.7 Å². The third-order valence-electron chi connectivity index (χ3n) is 4.08. The van der Waals surface area contributed by atoms with Crippen LogP contribution in [0.3, 0.4) is 0 Å². The molecule has 0 aliphatic rings. The molecule has 0 fully saturated rings. The number of carboxylic acids is 1. The minimum absolute atomic E-state index is 0.254. The number of benzene rings is 1. The van der Waals surface area contributed by atoms with E-state index in [0.29, 0.717) is 18.8 Å². The fourth-order valence-electron chi connectivity index (χ4n) is 2.47. The molecule has 0 heterocycles. The Bertz CT molecular complexity index is 625. The summed E-state index contributed by atoms with van der Waals surface area (Å²) in [4.78, 5) is 35.5. The third-order valence-corrected chi connectivity index (χ3v) is 4.08. The van der Waals surface area contributed by atoms with Crippen LogP contribution in [0.1, 0.15) is 50.4 Å². The largest absolute Gasteiger partial charge is 0.481 e. The Kier molecular flexibility index (Phi) is 8.41. The molecule has 0 aliphatic heterocycles. The zero-order chi connectivity index (χ0) is 19.9. The van der Waals surface area contributed by atoms with Gasteiger partial charge in [0.25, 0.3) is 0 Å². The molecular formula is C19H28N2O5. The number of esters is 1. The van der Waals surface area contributed by atoms with Crippen molar-refractivity contribution < 1.29 is 24.2 Å². The van der Waals surface area contributed by atoms with Crippen molar-refractivity contribution in [2.24, 2.45) is 23.3 Å². The van der Waals surface area contributed by atoms with Crippen molar-refractivity contribution >= 4 is 17.7 Å². The SMILES string of the molecule is CC(C)CCCC(C(=O)O)[C@H](N)C(=O)c1ccc(OC(=O)[C@H](C)N)cc1. The fraction of sp³-hybridized carbons (Fsp3) is 0.526. The number of ketones is 1. The smallest absolute Gasteiger partial charge is 0.328 e. The van der Waals surface area contributed by atoms with Crippen molar-refractivity contribution in [3.63, 3.8) is 0 Å². The summed E-state index contributed by atoms with van der Waals surface area (Å²) in [7, 11) is 0. The zero-order valence-corrected chi connectivity index (χ0v) is 15.5. The molecule has 0 radical (unpaired) electrons. The lowest BCUT2D eigenvalue weighted by atomic mass is 9.88. The first-order valence-corrected chi connectivity index (χ1v) is 8.73. The molecule has 26 heavy (non-hydrogen) atoms. The second-order valence-corrected chi connectivity index (χ2v) is 6.89. The number of hydrogen-bond acceptors (Lipinski definition) is 6. The molecule has 3 atom stereocenters. The zero-order valence-electron chi connectivity index (χ0n) is 15.5. The Morgan fingerprint density at radius 3 is 2.08 bits per heavy atom. The van der Waals surface area contributed by atoms with Gasteiger partial charge in [-0.2, -0.15) is 0 Å². The number of nitrogens with two attached hydrogens (primary N) is 2.